The summed E-state index contributed by atoms with van der Waals surface area (Å²) in [7, 11) is 1.90. The van der Waals surface area contributed by atoms with Crippen LogP contribution < -0.4 is 10.1 Å². The normalized spacial score (nSPS) is 10.9. The standard InChI is InChI=1S/C15H23ClN2O2/c1-12(2)10-17-15(19)11-18(3)8-9-20-14-6-4-13(16)5-7-14/h4-7,12H,8-11H2,1-3H3,(H,17,19). The highest BCUT2D eigenvalue weighted by Crippen LogP contribution is 2.15. The predicted octanol–water partition coefficient (Wildman–Crippen LogP) is 2.42. The average molecular weight is 299 g/mol. The Hall–Kier alpha value is -1.26. The lowest BCUT2D eigenvalue weighted by molar-refractivity contribution is -0.122. The lowest BCUT2D eigenvalue weighted by Gasteiger charge is -2.17. The van der Waals surface area contributed by atoms with E-state index in [9.17, 15) is 4.79 Å². The molecule has 20 heavy (non-hydrogen) atoms. The third-order valence-electron chi connectivity index (χ3n) is 2.68. The van der Waals surface area contributed by atoms with Gasteiger partial charge in [0, 0.05) is 18.1 Å². The van der Waals surface area contributed by atoms with Crippen molar-refractivity contribution in [1.82, 2.24) is 10.2 Å². The summed E-state index contributed by atoms with van der Waals surface area (Å²) in [6.45, 7) is 6.48. The van der Waals surface area contributed by atoms with E-state index in [1.807, 2.05) is 24.1 Å². The maximum atomic E-state index is 11.6. The number of amides is 1. The van der Waals surface area contributed by atoms with E-state index < -0.39 is 0 Å². The molecule has 1 aromatic carbocycles. The number of hydrogen-bond donors (Lipinski definition) is 1. The van der Waals surface area contributed by atoms with Gasteiger partial charge in [0.25, 0.3) is 0 Å². The summed E-state index contributed by atoms with van der Waals surface area (Å²) in [4.78, 5) is 13.6. The maximum absolute atomic E-state index is 11.6. The minimum atomic E-state index is 0.0488. The van der Waals surface area contributed by atoms with Gasteiger partial charge in [-0.2, -0.15) is 0 Å². The molecule has 0 saturated carbocycles. The lowest BCUT2D eigenvalue weighted by Crippen LogP contribution is -2.38. The molecule has 112 valence electrons. The van der Waals surface area contributed by atoms with Gasteiger partial charge in [-0.3, -0.25) is 9.69 Å². The number of carbonyl (C=O) groups is 1. The van der Waals surface area contributed by atoms with Crippen LogP contribution in [0.2, 0.25) is 5.02 Å². The van der Waals surface area contributed by atoms with Crippen molar-refractivity contribution in [2.75, 3.05) is 33.3 Å². The van der Waals surface area contributed by atoms with E-state index in [2.05, 4.69) is 19.2 Å². The second kappa shape index (κ2) is 8.82. The van der Waals surface area contributed by atoms with Crippen LogP contribution in [-0.2, 0) is 4.79 Å². The molecule has 0 saturated heterocycles. The van der Waals surface area contributed by atoms with Gasteiger partial charge < -0.3 is 10.1 Å². The molecular formula is C15H23ClN2O2. The zero-order valence-electron chi connectivity index (χ0n) is 12.4. The molecule has 4 nitrogen and oxygen atoms in total. The lowest BCUT2D eigenvalue weighted by atomic mass is 10.2. The van der Waals surface area contributed by atoms with Gasteiger partial charge in [-0.05, 0) is 37.2 Å². The molecule has 0 aliphatic heterocycles. The Morgan fingerprint density at radius 2 is 2.00 bits per heavy atom. The number of likely N-dealkylation sites (N-methyl/N-ethyl adjacent to an activating group) is 1. The zero-order valence-corrected chi connectivity index (χ0v) is 13.1. The molecule has 0 spiro atoms. The summed E-state index contributed by atoms with van der Waals surface area (Å²) in [5, 5.41) is 3.58. The Balaban J connectivity index is 2.18. The summed E-state index contributed by atoms with van der Waals surface area (Å²) in [5.41, 5.74) is 0. The van der Waals surface area contributed by atoms with Crippen LogP contribution >= 0.6 is 11.6 Å². The fourth-order valence-electron chi connectivity index (χ4n) is 1.55. The number of hydrogen-bond acceptors (Lipinski definition) is 3. The van der Waals surface area contributed by atoms with Crippen molar-refractivity contribution in [3.63, 3.8) is 0 Å². The molecular weight excluding hydrogens is 276 g/mol. The fourth-order valence-corrected chi connectivity index (χ4v) is 1.67. The van der Waals surface area contributed by atoms with Gasteiger partial charge in [-0.15, -0.1) is 0 Å². The molecule has 0 unspecified atom stereocenters. The van der Waals surface area contributed by atoms with E-state index in [4.69, 9.17) is 16.3 Å². The summed E-state index contributed by atoms with van der Waals surface area (Å²) in [5.74, 6) is 1.30. The maximum Gasteiger partial charge on any atom is 0.234 e. The number of benzene rings is 1. The molecule has 1 amide bonds. The Morgan fingerprint density at radius 1 is 1.35 bits per heavy atom. The first kappa shape index (κ1) is 16.8. The van der Waals surface area contributed by atoms with E-state index in [1.165, 1.54) is 0 Å². The fraction of sp³-hybridized carbons (Fsp3) is 0.533. The number of nitrogens with zero attached hydrogens (tertiary/aromatic N) is 1. The monoisotopic (exact) mass is 298 g/mol. The summed E-state index contributed by atoms with van der Waals surface area (Å²) >= 11 is 5.80. The Morgan fingerprint density at radius 3 is 2.60 bits per heavy atom. The highest BCUT2D eigenvalue weighted by molar-refractivity contribution is 6.30. The molecule has 1 aromatic rings. The summed E-state index contributed by atoms with van der Waals surface area (Å²) < 4.78 is 5.58. The molecule has 0 aliphatic rings. The zero-order chi connectivity index (χ0) is 15.0. The van der Waals surface area contributed by atoms with Crippen LogP contribution in [0.3, 0.4) is 0 Å². The number of ether oxygens (including phenoxy) is 1. The van der Waals surface area contributed by atoms with Crippen LogP contribution in [0.4, 0.5) is 0 Å². The number of carbonyl (C=O) groups excluding carboxylic acids is 1. The quantitative estimate of drug-likeness (QED) is 0.801. The molecule has 0 heterocycles. The molecule has 1 N–H and O–H groups in total. The highest BCUT2D eigenvalue weighted by Gasteiger charge is 2.06. The minimum absolute atomic E-state index is 0.0488. The van der Waals surface area contributed by atoms with E-state index in [0.717, 1.165) is 5.75 Å². The first-order valence-electron chi connectivity index (χ1n) is 6.81. The third kappa shape index (κ3) is 7.36. The Labute approximate surface area is 126 Å². The number of rotatable bonds is 8. The van der Waals surface area contributed by atoms with Gasteiger partial charge in [0.05, 0.1) is 6.54 Å². The van der Waals surface area contributed by atoms with Crippen LogP contribution in [0.15, 0.2) is 24.3 Å². The molecule has 1 rings (SSSR count). The smallest absolute Gasteiger partial charge is 0.234 e. The van der Waals surface area contributed by atoms with Gasteiger partial charge in [-0.1, -0.05) is 25.4 Å². The van der Waals surface area contributed by atoms with Gasteiger partial charge in [0.1, 0.15) is 12.4 Å². The van der Waals surface area contributed by atoms with Gasteiger partial charge in [-0.25, -0.2) is 0 Å². The van der Waals surface area contributed by atoms with Crippen molar-refractivity contribution in [3.8, 4) is 5.75 Å². The second-order valence-corrected chi connectivity index (χ2v) is 5.67. The average Bonchev–Trinajstić information content (AvgIpc) is 2.38. The first-order chi connectivity index (χ1) is 9.47. The van der Waals surface area contributed by atoms with E-state index in [1.54, 1.807) is 12.1 Å². The van der Waals surface area contributed by atoms with Crippen LogP contribution in [0, 0.1) is 5.92 Å². The van der Waals surface area contributed by atoms with Gasteiger partial charge in [0.15, 0.2) is 0 Å². The predicted molar refractivity (Wildman–Crippen MR) is 82.3 cm³/mol. The van der Waals surface area contributed by atoms with Crippen LogP contribution in [0.5, 0.6) is 5.75 Å². The SMILES string of the molecule is CC(C)CNC(=O)CN(C)CCOc1ccc(Cl)cc1. The first-order valence-corrected chi connectivity index (χ1v) is 7.18. The van der Waals surface area contributed by atoms with Crippen molar-refractivity contribution < 1.29 is 9.53 Å². The van der Waals surface area contributed by atoms with Gasteiger partial charge >= 0.3 is 0 Å². The largest absolute Gasteiger partial charge is 0.492 e. The van der Waals surface area contributed by atoms with E-state index >= 15 is 0 Å². The Kier molecular flexibility index (Phi) is 7.41. The molecule has 0 aromatic heterocycles. The molecule has 0 fully saturated rings. The number of halogens is 1. The minimum Gasteiger partial charge on any atom is -0.492 e. The molecule has 5 heteroatoms. The molecule has 0 atom stereocenters. The van der Waals surface area contributed by atoms with Crippen molar-refractivity contribution in [1.29, 1.82) is 0 Å². The van der Waals surface area contributed by atoms with Crippen LogP contribution in [0.1, 0.15) is 13.8 Å². The third-order valence-corrected chi connectivity index (χ3v) is 2.93. The van der Waals surface area contributed by atoms with Crippen LogP contribution in [0.25, 0.3) is 0 Å². The molecule has 0 bridgehead atoms. The number of nitrogens with one attached hydrogen (secondary N) is 1. The van der Waals surface area contributed by atoms with Crippen molar-refractivity contribution in [3.05, 3.63) is 29.3 Å². The molecule has 0 aliphatic carbocycles. The van der Waals surface area contributed by atoms with E-state index in [0.29, 0.717) is 37.2 Å². The van der Waals surface area contributed by atoms with E-state index in [-0.39, 0.29) is 5.91 Å². The van der Waals surface area contributed by atoms with Crippen molar-refractivity contribution in [2.45, 2.75) is 13.8 Å². The summed E-state index contributed by atoms with van der Waals surface area (Å²) in [6, 6.07) is 7.25. The summed E-state index contributed by atoms with van der Waals surface area (Å²) in [6.07, 6.45) is 0. The highest BCUT2D eigenvalue weighted by atomic mass is 35.5. The van der Waals surface area contributed by atoms with Gasteiger partial charge in [0.2, 0.25) is 5.91 Å². The second-order valence-electron chi connectivity index (χ2n) is 5.24. The van der Waals surface area contributed by atoms with Crippen molar-refractivity contribution >= 4 is 17.5 Å². The molecule has 0 radical (unpaired) electrons. The Bertz CT molecular complexity index is 407. The topological polar surface area (TPSA) is 41.6 Å². The van der Waals surface area contributed by atoms with Crippen molar-refractivity contribution in [2.24, 2.45) is 5.92 Å². The van der Waals surface area contributed by atoms with Crippen LogP contribution in [-0.4, -0.2) is 44.1 Å².